The largest absolute Gasteiger partial charge is 0.480 e. The van der Waals surface area contributed by atoms with Crippen LogP contribution in [0, 0.1) is 10.8 Å². The Morgan fingerprint density at radius 1 is 1.29 bits per heavy atom. The Kier molecular flexibility index (Phi) is 4.13. The van der Waals surface area contributed by atoms with Gasteiger partial charge in [0.15, 0.2) is 0 Å². The minimum absolute atomic E-state index is 0.147. The van der Waals surface area contributed by atoms with Gasteiger partial charge in [-0.2, -0.15) is 0 Å². The van der Waals surface area contributed by atoms with Crippen molar-refractivity contribution in [2.75, 3.05) is 7.05 Å². The normalized spacial score (nSPS) is 15.3. The molecule has 0 heterocycles. The SMILES string of the molecule is CNC(C(=O)O)C(C)(C)CC(C)(C)C. The van der Waals surface area contributed by atoms with Crippen molar-refractivity contribution >= 4 is 5.97 Å². The van der Waals surface area contributed by atoms with Crippen LogP contribution < -0.4 is 5.32 Å². The van der Waals surface area contributed by atoms with Crippen molar-refractivity contribution in [3.05, 3.63) is 0 Å². The molecule has 0 spiro atoms. The van der Waals surface area contributed by atoms with Gasteiger partial charge in [-0.05, 0) is 24.3 Å². The fourth-order valence-corrected chi connectivity index (χ4v) is 2.32. The van der Waals surface area contributed by atoms with E-state index in [0.29, 0.717) is 0 Å². The van der Waals surface area contributed by atoms with E-state index in [1.54, 1.807) is 7.05 Å². The third kappa shape index (κ3) is 4.09. The molecule has 14 heavy (non-hydrogen) atoms. The molecule has 0 aromatic rings. The standard InChI is InChI=1S/C11H23NO2/c1-10(2,3)7-11(4,5)8(12-6)9(13)14/h8,12H,7H2,1-6H3,(H,13,14). The van der Waals surface area contributed by atoms with Crippen LogP contribution in [-0.4, -0.2) is 24.2 Å². The quantitative estimate of drug-likeness (QED) is 0.732. The van der Waals surface area contributed by atoms with Crippen molar-refractivity contribution in [1.29, 1.82) is 0 Å². The van der Waals surface area contributed by atoms with E-state index in [4.69, 9.17) is 5.11 Å². The molecule has 2 N–H and O–H groups in total. The minimum Gasteiger partial charge on any atom is -0.480 e. The van der Waals surface area contributed by atoms with Gasteiger partial charge < -0.3 is 10.4 Å². The molecule has 1 unspecified atom stereocenters. The smallest absolute Gasteiger partial charge is 0.321 e. The van der Waals surface area contributed by atoms with Crippen molar-refractivity contribution < 1.29 is 9.90 Å². The van der Waals surface area contributed by atoms with Gasteiger partial charge in [0.05, 0.1) is 0 Å². The van der Waals surface area contributed by atoms with Gasteiger partial charge in [-0.1, -0.05) is 34.6 Å². The van der Waals surface area contributed by atoms with Gasteiger partial charge in [-0.3, -0.25) is 4.79 Å². The maximum Gasteiger partial charge on any atom is 0.321 e. The van der Waals surface area contributed by atoms with Crippen molar-refractivity contribution in [2.24, 2.45) is 10.8 Å². The summed E-state index contributed by atoms with van der Waals surface area (Å²) < 4.78 is 0. The molecule has 0 radical (unpaired) electrons. The third-order valence-corrected chi connectivity index (χ3v) is 2.30. The molecule has 3 nitrogen and oxygen atoms in total. The van der Waals surface area contributed by atoms with Crippen LogP contribution in [0.4, 0.5) is 0 Å². The fourth-order valence-electron chi connectivity index (χ4n) is 2.32. The van der Waals surface area contributed by atoms with E-state index in [0.717, 1.165) is 6.42 Å². The summed E-state index contributed by atoms with van der Waals surface area (Å²) in [5, 5.41) is 11.9. The monoisotopic (exact) mass is 201 g/mol. The minimum atomic E-state index is -0.776. The third-order valence-electron chi connectivity index (χ3n) is 2.30. The van der Waals surface area contributed by atoms with E-state index >= 15 is 0 Å². The molecule has 0 aliphatic carbocycles. The first-order chi connectivity index (χ1) is 6.10. The van der Waals surface area contributed by atoms with Crippen LogP contribution in [0.1, 0.15) is 41.0 Å². The van der Waals surface area contributed by atoms with Crippen LogP contribution in [0.25, 0.3) is 0 Å². The van der Waals surface area contributed by atoms with Gasteiger partial charge in [0.25, 0.3) is 0 Å². The highest BCUT2D eigenvalue weighted by atomic mass is 16.4. The molecule has 0 fully saturated rings. The van der Waals surface area contributed by atoms with E-state index < -0.39 is 12.0 Å². The lowest BCUT2D eigenvalue weighted by atomic mass is 9.72. The molecule has 0 saturated heterocycles. The second-order valence-corrected chi connectivity index (χ2v) is 5.79. The molecule has 84 valence electrons. The van der Waals surface area contributed by atoms with E-state index in [-0.39, 0.29) is 10.8 Å². The summed E-state index contributed by atoms with van der Waals surface area (Å²) in [6.07, 6.45) is 0.873. The maximum atomic E-state index is 11.0. The first kappa shape index (κ1) is 13.4. The zero-order chi connectivity index (χ0) is 11.6. The van der Waals surface area contributed by atoms with Crippen molar-refractivity contribution in [2.45, 2.75) is 47.1 Å². The summed E-state index contributed by atoms with van der Waals surface area (Å²) >= 11 is 0. The number of hydrogen-bond donors (Lipinski definition) is 2. The average molecular weight is 201 g/mol. The predicted molar refractivity (Wildman–Crippen MR) is 58.3 cm³/mol. The lowest BCUT2D eigenvalue weighted by Gasteiger charge is -2.36. The van der Waals surface area contributed by atoms with Crippen LogP contribution >= 0.6 is 0 Å². The Morgan fingerprint density at radius 3 is 1.93 bits per heavy atom. The highest BCUT2D eigenvalue weighted by Gasteiger charge is 2.36. The molecule has 0 aliphatic heterocycles. The van der Waals surface area contributed by atoms with Gasteiger partial charge >= 0.3 is 5.97 Å². The zero-order valence-corrected chi connectivity index (χ0v) is 10.1. The highest BCUT2D eigenvalue weighted by molar-refractivity contribution is 5.74. The number of rotatable bonds is 4. The lowest BCUT2D eigenvalue weighted by Crippen LogP contribution is -2.47. The summed E-state index contributed by atoms with van der Waals surface area (Å²) in [5.41, 5.74) is -0.0904. The second kappa shape index (κ2) is 4.30. The zero-order valence-electron chi connectivity index (χ0n) is 10.1. The molecular formula is C11H23NO2. The van der Waals surface area contributed by atoms with Gasteiger partial charge in [-0.25, -0.2) is 0 Å². The molecule has 0 bridgehead atoms. The molecule has 1 atom stereocenters. The average Bonchev–Trinajstić information content (AvgIpc) is 1.79. The summed E-state index contributed by atoms with van der Waals surface area (Å²) in [6, 6.07) is -0.485. The summed E-state index contributed by atoms with van der Waals surface area (Å²) in [4.78, 5) is 11.0. The summed E-state index contributed by atoms with van der Waals surface area (Å²) in [6.45, 7) is 10.4. The highest BCUT2D eigenvalue weighted by Crippen LogP contribution is 2.35. The summed E-state index contributed by atoms with van der Waals surface area (Å²) in [7, 11) is 1.70. The lowest BCUT2D eigenvalue weighted by molar-refractivity contribution is -0.143. The van der Waals surface area contributed by atoms with Gasteiger partial charge in [-0.15, -0.1) is 0 Å². The Balaban J connectivity index is 4.65. The van der Waals surface area contributed by atoms with Gasteiger partial charge in [0.2, 0.25) is 0 Å². The number of carboxylic acids is 1. The number of likely N-dealkylation sites (N-methyl/N-ethyl adjacent to an activating group) is 1. The predicted octanol–water partition coefficient (Wildman–Crippen LogP) is 2.12. The second-order valence-electron chi connectivity index (χ2n) is 5.79. The van der Waals surface area contributed by atoms with Gasteiger partial charge in [0, 0.05) is 0 Å². The van der Waals surface area contributed by atoms with E-state index in [9.17, 15) is 4.79 Å². The molecular weight excluding hydrogens is 178 g/mol. The molecule has 0 amide bonds. The van der Waals surface area contributed by atoms with Crippen LogP contribution in [0.2, 0.25) is 0 Å². The number of carboxylic acid groups (broad SMARTS) is 1. The fraction of sp³-hybridized carbons (Fsp3) is 0.909. The number of nitrogens with one attached hydrogen (secondary N) is 1. The molecule has 0 rings (SSSR count). The Bertz CT molecular complexity index is 204. The van der Waals surface area contributed by atoms with Crippen LogP contribution in [-0.2, 0) is 4.79 Å². The van der Waals surface area contributed by atoms with E-state index in [1.807, 2.05) is 13.8 Å². The maximum absolute atomic E-state index is 11.0. The van der Waals surface area contributed by atoms with E-state index in [2.05, 4.69) is 26.1 Å². The molecule has 0 aromatic heterocycles. The molecule has 0 aliphatic rings. The van der Waals surface area contributed by atoms with Crippen molar-refractivity contribution in [1.82, 2.24) is 5.32 Å². The molecule has 0 aromatic carbocycles. The van der Waals surface area contributed by atoms with Crippen LogP contribution in [0.5, 0.6) is 0 Å². The van der Waals surface area contributed by atoms with Crippen LogP contribution in [0.15, 0.2) is 0 Å². The summed E-state index contributed by atoms with van der Waals surface area (Å²) in [5.74, 6) is -0.776. The first-order valence-electron chi connectivity index (χ1n) is 5.00. The number of hydrogen-bond acceptors (Lipinski definition) is 2. The molecule has 0 saturated carbocycles. The van der Waals surface area contributed by atoms with Crippen molar-refractivity contribution in [3.8, 4) is 0 Å². The van der Waals surface area contributed by atoms with Crippen LogP contribution in [0.3, 0.4) is 0 Å². The Morgan fingerprint density at radius 2 is 1.71 bits per heavy atom. The topological polar surface area (TPSA) is 49.3 Å². The van der Waals surface area contributed by atoms with E-state index in [1.165, 1.54) is 0 Å². The molecule has 3 heteroatoms. The number of aliphatic carboxylic acids is 1. The Hall–Kier alpha value is -0.570. The number of carbonyl (C=O) groups is 1. The van der Waals surface area contributed by atoms with Gasteiger partial charge in [0.1, 0.15) is 6.04 Å². The van der Waals surface area contributed by atoms with Crippen molar-refractivity contribution in [3.63, 3.8) is 0 Å². The first-order valence-corrected chi connectivity index (χ1v) is 5.00. The Labute approximate surface area is 86.9 Å².